The third-order valence-electron chi connectivity index (χ3n) is 4.12. The van der Waals surface area contributed by atoms with E-state index in [4.69, 9.17) is 8.94 Å². The van der Waals surface area contributed by atoms with Crippen LogP contribution in [0.15, 0.2) is 74.8 Å². The van der Waals surface area contributed by atoms with Crippen LogP contribution in [0.3, 0.4) is 0 Å². The Balaban J connectivity index is 1.34. The van der Waals surface area contributed by atoms with Gasteiger partial charge in [0.1, 0.15) is 0 Å². The van der Waals surface area contributed by atoms with Gasteiger partial charge in [-0.3, -0.25) is 0 Å². The maximum atomic E-state index is 5.74. The lowest BCUT2D eigenvalue weighted by molar-refractivity contribution is 0.388. The van der Waals surface area contributed by atoms with Crippen LogP contribution >= 0.6 is 11.8 Å². The average Bonchev–Trinajstić information content (AvgIpc) is 3.37. The lowest BCUT2D eigenvalue weighted by Crippen LogP contribution is -1.98. The molecule has 0 fully saturated rings. The first-order valence-corrected chi connectivity index (χ1v) is 9.64. The van der Waals surface area contributed by atoms with Crippen LogP contribution in [0.4, 0.5) is 0 Å². The van der Waals surface area contributed by atoms with Crippen molar-refractivity contribution in [2.45, 2.75) is 30.2 Å². The fourth-order valence-corrected chi connectivity index (χ4v) is 3.30. The lowest BCUT2D eigenvalue weighted by atomic mass is 9.98. The number of benzene rings is 2. The van der Waals surface area contributed by atoms with Crippen molar-refractivity contribution >= 4 is 11.8 Å². The molecule has 2 aromatic carbocycles. The average molecular weight is 378 g/mol. The third-order valence-corrected chi connectivity index (χ3v) is 4.92. The van der Waals surface area contributed by atoms with Gasteiger partial charge in [-0.15, -0.1) is 10.2 Å². The second kappa shape index (κ2) is 8.18. The van der Waals surface area contributed by atoms with Crippen LogP contribution in [0, 0.1) is 0 Å². The van der Waals surface area contributed by atoms with E-state index >= 15 is 0 Å². The summed E-state index contributed by atoms with van der Waals surface area (Å²) in [5.41, 5.74) is 2.18. The molecule has 4 aromatic rings. The minimum absolute atomic E-state index is 0.314. The summed E-state index contributed by atoms with van der Waals surface area (Å²) in [5, 5.41) is 12.8. The van der Waals surface area contributed by atoms with E-state index < -0.39 is 0 Å². The molecule has 0 aliphatic carbocycles. The molecule has 6 nitrogen and oxygen atoms in total. The number of hydrogen-bond donors (Lipinski definition) is 0. The smallest absolute Gasteiger partial charge is 0.277 e. The van der Waals surface area contributed by atoms with Gasteiger partial charge in [-0.1, -0.05) is 84.5 Å². The highest BCUT2D eigenvalue weighted by Crippen LogP contribution is 2.25. The summed E-state index contributed by atoms with van der Waals surface area (Å²) in [4.78, 5) is 4.40. The summed E-state index contributed by atoms with van der Waals surface area (Å²) in [6, 6.07) is 20.0. The quantitative estimate of drug-likeness (QED) is 0.429. The van der Waals surface area contributed by atoms with Crippen molar-refractivity contribution in [1.82, 2.24) is 20.3 Å². The maximum absolute atomic E-state index is 5.74. The highest BCUT2D eigenvalue weighted by molar-refractivity contribution is 7.98. The number of hydrogen-bond acceptors (Lipinski definition) is 7. The van der Waals surface area contributed by atoms with E-state index in [1.165, 1.54) is 17.3 Å². The molecule has 0 N–H and O–H groups in total. The largest absolute Gasteiger partial charge is 0.416 e. The first-order chi connectivity index (χ1) is 13.3. The predicted octanol–water partition coefficient (Wildman–Crippen LogP) is 4.76. The molecule has 2 heterocycles. The van der Waals surface area contributed by atoms with Gasteiger partial charge in [0.05, 0.1) is 5.75 Å². The highest BCUT2D eigenvalue weighted by atomic mass is 32.2. The minimum Gasteiger partial charge on any atom is -0.416 e. The zero-order valence-electron chi connectivity index (χ0n) is 14.8. The molecule has 0 saturated carbocycles. The van der Waals surface area contributed by atoms with E-state index in [0.717, 1.165) is 5.56 Å². The standard InChI is InChI=1S/C20H18N4O2S/c1-14(15-8-4-2-5-9-15)12-17-22-23-20(25-17)27-13-18-21-19(24-26-18)16-10-6-3-7-11-16/h2-11,14H,12-13H2,1H3. The second-order valence-corrected chi connectivity index (χ2v) is 7.07. The molecule has 0 amide bonds. The molecule has 1 unspecified atom stereocenters. The van der Waals surface area contributed by atoms with E-state index in [1.807, 2.05) is 48.5 Å². The van der Waals surface area contributed by atoms with Crippen molar-refractivity contribution in [3.8, 4) is 11.4 Å². The molecular weight excluding hydrogens is 360 g/mol. The summed E-state index contributed by atoms with van der Waals surface area (Å²) >= 11 is 1.39. The first-order valence-electron chi connectivity index (χ1n) is 8.66. The third kappa shape index (κ3) is 4.43. The van der Waals surface area contributed by atoms with Gasteiger partial charge in [0, 0.05) is 12.0 Å². The topological polar surface area (TPSA) is 77.8 Å². The van der Waals surface area contributed by atoms with Crippen LogP contribution in [-0.4, -0.2) is 20.3 Å². The molecule has 0 aliphatic rings. The summed E-state index contributed by atoms with van der Waals surface area (Å²) in [5.74, 6) is 2.53. The van der Waals surface area contributed by atoms with E-state index in [9.17, 15) is 0 Å². The monoisotopic (exact) mass is 378 g/mol. The molecule has 136 valence electrons. The SMILES string of the molecule is CC(Cc1nnc(SCc2nc(-c3ccccc3)no2)o1)c1ccccc1. The minimum atomic E-state index is 0.314. The van der Waals surface area contributed by atoms with Crippen molar-refractivity contribution in [2.24, 2.45) is 0 Å². The van der Waals surface area contributed by atoms with Crippen molar-refractivity contribution in [3.05, 3.63) is 78.0 Å². The second-order valence-electron chi connectivity index (χ2n) is 6.14. The van der Waals surface area contributed by atoms with E-state index in [2.05, 4.69) is 39.4 Å². The Kier molecular flexibility index (Phi) is 5.29. The molecule has 27 heavy (non-hydrogen) atoms. The fraction of sp³-hybridized carbons (Fsp3) is 0.200. The van der Waals surface area contributed by atoms with Gasteiger partial charge >= 0.3 is 0 Å². The van der Waals surface area contributed by atoms with Crippen molar-refractivity contribution in [1.29, 1.82) is 0 Å². The van der Waals surface area contributed by atoms with E-state index in [1.54, 1.807) is 0 Å². The maximum Gasteiger partial charge on any atom is 0.277 e. The molecule has 0 aliphatic heterocycles. The summed E-state index contributed by atoms with van der Waals surface area (Å²) in [7, 11) is 0. The summed E-state index contributed by atoms with van der Waals surface area (Å²) in [6.45, 7) is 2.15. The number of nitrogens with zero attached hydrogens (tertiary/aromatic N) is 4. The molecule has 4 rings (SSSR count). The Bertz CT molecular complexity index is 985. The molecule has 0 radical (unpaired) electrons. The van der Waals surface area contributed by atoms with E-state index in [0.29, 0.717) is 40.9 Å². The van der Waals surface area contributed by atoms with Crippen molar-refractivity contribution < 1.29 is 8.94 Å². The number of aromatic nitrogens is 4. The van der Waals surface area contributed by atoms with Gasteiger partial charge in [-0.05, 0) is 11.5 Å². The Morgan fingerprint density at radius 1 is 0.926 bits per heavy atom. The van der Waals surface area contributed by atoms with E-state index in [-0.39, 0.29) is 0 Å². The molecule has 0 bridgehead atoms. The molecular formula is C20H18N4O2S. The predicted molar refractivity (Wildman–Crippen MR) is 102 cm³/mol. The Morgan fingerprint density at radius 2 is 1.67 bits per heavy atom. The Hall–Kier alpha value is -2.93. The van der Waals surface area contributed by atoms with Crippen LogP contribution in [0.5, 0.6) is 0 Å². The number of thioether (sulfide) groups is 1. The molecule has 0 spiro atoms. The van der Waals surface area contributed by atoms with Gasteiger partial charge < -0.3 is 8.94 Å². The van der Waals surface area contributed by atoms with Gasteiger partial charge in [-0.2, -0.15) is 4.98 Å². The molecule has 2 aromatic heterocycles. The van der Waals surface area contributed by atoms with Crippen molar-refractivity contribution in [3.63, 3.8) is 0 Å². The van der Waals surface area contributed by atoms with Crippen LogP contribution in [0.25, 0.3) is 11.4 Å². The molecule has 0 saturated heterocycles. The molecule has 7 heteroatoms. The fourth-order valence-electron chi connectivity index (χ4n) is 2.68. The van der Waals surface area contributed by atoms with Crippen LogP contribution in [0.2, 0.25) is 0 Å². The van der Waals surface area contributed by atoms with Crippen LogP contribution in [0.1, 0.15) is 30.2 Å². The summed E-state index contributed by atoms with van der Waals surface area (Å²) < 4.78 is 11.0. The van der Waals surface area contributed by atoms with Crippen LogP contribution in [-0.2, 0) is 12.2 Å². The first kappa shape index (κ1) is 17.5. The Labute approximate surface area is 161 Å². The zero-order valence-corrected chi connectivity index (χ0v) is 15.6. The zero-order chi connectivity index (χ0) is 18.5. The molecule has 1 atom stereocenters. The Morgan fingerprint density at radius 3 is 2.44 bits per heavy atom. The van der Waals surface area contributed by atoms with Gasteiger partial charge in [-0.25, -0.2) is 0 Å². The van der Waals surface area contributed by atoms with Gasteiger partial charge in [0.15, 0.2) is 0 Å². The summed E-state index contributed by atoms with van der Waals surface area (Å²) in [6.07, 6.45) is 0.705. The van der Waals surface area contributed by atoms with Gasteiger partial charge in [0.25, 0.3) is 5.22 Å². The lowest BCUT2D eigenvalue weighted by Gasteiger charge is -2.08. The van der Waals surface area contributed by atoms with Gasteiger partial charge in [0.2, 0.25) is 17.6 Å². The van der Waals surface area contributed by atoms with Crippen LogP contribution < -0.4 is 0 Å². The number of rotatable bonds is 7. The van der Waals surface area contributed by atoms with Crippen molar-refractivity contribution in [2.75, 3.05) is 0 Å². The highest BCUT2D eigenvalue weighted by Gasteiger charge is 2.14. The normalized spacial score (nSPS) is 12.2.